The van der Waals surface area contributed by atoms with Crippen molar-refractivity contribution in [3.8, 4) is 0 Å². The Morgan fingerprint density at radius 1 is 0.382 bits per heavy atom. The first-order valence-corrected chi connectivity index (χ1v) is 13.4. The molecular weight excluding hydrogens is 416 g/mol. The van der Waals surface area contributed by atoms with E-state index in [1.54, 1.807) is 0 Å². The second-order valence-electron chi connectivity index (χ2n) is 16.7. The molecule has 1 rings (SSSR count). The number of nitrogens with two attached hydrogens (primary N) is 2. The van der Waals surface area contributed by atoms with Crippen molar-refractivity contribution in [2.24, 2.45) is 22.3 Å². The lowest BCUT2D eigenvalue weighted by atomic mass is 9.53. The van der Waals surface area contributed by atoms with Gasteiger partial charge >= 0.3 is 0 Å². The first-order chi connectivity index (χ1) is 14.2. The van der Waals surface area contributed by atoms with Gasteiger partial charge in [0.05, 0.1) is 0 Å². The zero-order chi connectivity index (χ0) is 28.2. The molecule has 34 heavy (non-hydrogen) atoms. The largest absolute Gasteiger partial charge is 0.325 e. The van der Waals surface area contributed by atoms with Gasteiger partial charge in [-0.05, 0) is 111 Å². The van der Waals surface area contributed by atoms with Gasteiger partial charge in [0.15, 0.2) is 0 Å². The lowest BCUT2D eigenvalue weighted by Gasteiger charge is -2.80. The Kier molecular flexibility index (Phi) is 7.20. The highest BCUT2D eigenvalue weighted by Gasteiger charge is 2.72. The van der Waals surface area contributed by atoms with Gasteiger partial charge in [0.2, 0.25) is 0 Å². The minimum Gasteiger partial charge on any atom is -0.325 e. The van der Waals surface area contributed by atoms with Crippen LogP contribution in [-0.4, -0.2) is 54.1 Å². The van der Waals surface area contributed by atoms with Crippen molar-refractivity contribution in [1.29, 1.82) is 0 Å². The van der Waals surface area contributed by atoms with Crippen LogP contribution in [0, 0.1) is 10.8 Å². The fourth-order valence-electron chi connectivity index (χ4n) is 7.42. The van der Waals surface area contributed by atoms with Crippen molar-refractivity contribution in [1.82, 2.24) is 9.80 Å². The number of nitrogens with zero attached hydrogens (tertiary/aromatic N) is 2. The van der Waals surface area contributed by atoms with E-state index in [0.29, 0.717) is 0 Å². The third-order valence-electron chi connectivity index (χ3n) is 12.6. The van der Waals surface area contributed by atoms with Crippen LogP contribution >= 0.6 is 0 Å². The van der Waals surface area contributed by atoms with Crippen LogP contribution in [-0.2, 0) is 0 Å². The van der Waals surface area contributed by atoms with E-state index in [1.165, 1.54) is 0 Å². The van der Waals surface area contributed by atoms with Crippen LogP contribution in [0.15, 0.2) is 0 Å². The molecule has 0 unspecified atom stereocenters. The van der Waals surface area contributed by atoms with Gasteiger partial charge < -0.3 is 11.5 Å². The molecular formula is C30H64N4. The van der Waals surface area contributed by atoms with Crippen molar-refractivity contribution < 1.29 is 0 Å². The van der Waals surface area contributed by atoms with Crippen LogP contribution in [0.4, 0.5) is 0 Å². The van der Waals surface area contributed by atoms with Crippen molar-refractivity contribution in [3.63, 3.8) is 0 Å². The van der Waals surface area contributed by atoms with E-state index in [-0.39, 0.29) is 55.1 Å². The Balaban J connectivity index is 4.09. The third kappa shape index (κ3) is 3.75. The normalized spacial score (nSPS) is 24.9. The van der Waals surface area contributed by atoms with E-state index in [2.05, 4.69) is 148 Å². The molecule has 0 aromatic rings. The van der Waals surface area contributed by atoms with E-state index >= 15 is 0 Å². The summed E-state index contributed by atoms with van der Waals surface area (Å²) in [6.45, 7) is 47.2. The number of hydrogen-bond acceptors (Lipinski definition) is 4. The van der Waals surface area contributed by atoms with E-state index in [9.17, 15) is 0 Å². The van der Waals surface area contributed by atoms with Crippen LogP contribution in [0.1, 0.15) is 138 Å². The molecule has 1 fully saturated rings. The van der Waals surface area contributed by atoms with Gasteiger partial charge in [-0.25, -0.2) is 0 Å². The highest BCUT2D eigenvalue weighted by molar-refractivity contribution is 5.28. The predicted molar refractivity (Wildman–Crippen MR) is 152 cm³/mol. The monoisotopic (exact) mass is 481 g/mol. The van der Waals surface area contributed by atoms with E-state index in [4.69, 9.17) is 11.5 Å². The summed E-state index contributed by atoms with van der Waals surface area (Å²) in [7, 11) is 0. The Hall–Kier alpha value is -0.160. The zero-order valence-electron chi connectivity index (χ0n) is 27.0. The molecule has 4 nitrogen and oxygen atoms in total. The average molecular weight is 481 g/mol. The molecule has 0 amide bonds. The quantitative estimate of drug-likeness (QED) is 0.439. The second kappa shape index (κ2) is 7.68. The van der Waals surface area contributed by atoms with Gasteiger partial charge in [0.25, 0.3) is 0 Å². The molecule has 1 aliphatic rings. The van der Waals surface area contributed by atoms with Crippen LogP contribution < -0.4 is 11.5 Å². The lowest BCUT2D eigenvalue weighted by Crippen LogP contribution is -2.91. The van der Waals surface area contributed by atoms with Crippen LogP contribution in [0.3, 0.4) is 0 Å². The summed E-state index contributed by atoms with van der Waals surface area (Å²) in [5, 5.41) is 0. The summed E-state index contributed by atoms with van der Waals surface area (Å²) in [4.78, 5) is 5.63. The van der Waals surface area contributed by atoms with Crippen molar-refractivity contribution in [2.45, 2.75) is 183 Å². The molecule has 1 aliphatic heterocycles. The molecule has 1 heterocycles. The minimum atomic E-state index is -0.348. The van der Waals surface area contributed by atoms with E-state index < -0.39 is 0 Å². The Bertz CT molecular complexity index is 671. The van der Waals surface area contributed by atoms with E-state index in [1.807, 2.05) is 0 Å². The molecule has 0 atom stereocenters. The lowest BCUT2D eigenvalue weighted by molar-refractivity contribution is -0.294. The first-order valence-electron chi connectivity index (χ1n) is 13.4. The Morgan fingerprint density at radius 2 is 0.529 bits per heavy atom. The highest BCUT2D eigenvalue weighted by Crippen LogP contribution is 2.62. The van der Waals surface area contributed by atoms with Gasteiger partial charge in [0.1, 0.15) is 0 Å². The van der Waals surface area contributed by atoms with Crippen LogP contribution in [0.5, 0.6) is 0 Å². The molecule has 1 saturated heterocycles. The molecule has 0 aromatic heterocycles. The maximum atomic E-state index is 6.87. The second-order valence-corrected chi connectivity index (χ2v) is 16.7. The third-order valence-corrected chi connectivity index (χ3v) is 12.6. The molecule has 0 aliphatic carbocycles. The van der Waals surface area contributed by atoms with Gasteiger partial charge in [-0.1, -0.05) is 27.7 Å². The summed E-state index contributed by atoms with van der Waals surface area (Å²) in [6.07, 6.45) is 0. The van der Waals surface area contributed by atoms with Crippen LogP contribution in [0.25, 0.3) is 0 Å². The maximum absolute atomic E-state index is 6.87. The van der Waals surface area contributed by atoms with Crippen molar-refractivity contribution in [3.05, 3.63) is 0 Å². The van der Waals surface area contributed by atoms with Crippen molar-refractivity contribution in [2.75, 3.05) is 0 Å². The molecule has 4 heteroatoms. The molecule has 0 radical (unpaired) electrons. The summed E-state index contributed by atoms with van der Waals surface area (Å²) < 4.78 is 0. The molecule has 0 saturated carbocycles. The standard InChI is InChI=1S/C30H64N4/c1-21(2,23(5,6)31)25(9,10)33-27(13,14)29(17,18)34(30(19,20)28(33,15)16)26(11,12)22(3,4)24(7,8)32/h31-32H2,1-20H3. The number of rotatable bonds is 6. The van der Waals surface area contributed by atoms with Gasteiger partial charge in [-0.3, -0.25) is 9.80 Å². The Morgan fingerprint density at radius 3 is 0.647 bits per heavy atom. The van der Waals surface area contributed by atoms with Crippen molar-refractivity contribution >= 4 is 0 Å². The minimum absolute atomic E-state index is 0.156. The number of hydrogen-bond donors (Lipinski definition) is 2. The predicted octanol–water partition coefficient (Wildman–Crippen LogP) is 6.80. The molecule has 204 valence electrons. The topological polar surface area (TPSA) is 58.5 Å². The molecule has 0 bridgehead atoms. The molecule has 0 aromatic carbocycles. The summed E-state index contributed by atoms with van der Waals surface area (Å²) in [5.74, 6) is 0. The average Bonchev–Trinajstić information content (AvgIpc) is 2.49. The first kappa shape index (κ1) is 31.9. The molecule has 0 spiro atoms. The van der Waals surface area contributed by atoms with Gasteiger partial charge in [-0.15, -0.1) is 0 Å². The summed E-state index contributed by atoms with van der Waals surface area (Å²) >= 11 is 0. The SMILES string of the molecule is CC(C)(N)C(C)(C)C(C)(C)N1C(C)(C)C(C)(C)N(C(C)(C)C(C)(C)C(C)(C)N)C(C)(C)C1(C)C. The van der Waals surface area contributed by atoms with Gasteiger partial charge in [-0.2, -0.15) is 0 Å². The number of piperazine rings is 1. The zero-order valence-corrected chi connectivity index (χ0v) is 27.0. The fourth-order valence-corrected chi connectivity index (χ4v) is 7.42. The van der Waals surface area contributed by atoms with E-state index in [0.717, 1.165) is 0 Å². The van der Waals surface area contributed by atoms with Crippen LogP contribution in [0.2, 0.25) is 0 Å². The summed E-state index contributed by atoms with van der Waals surface area (Å²) in [5.41, 5.74) is 11.6. The fraction of sp³-hybridized carbons (Fsp3) is 1.00. The smallest absolute Gasteiger partial charge is 0.0343 e. The van der Waals surface area contributed by atoms with Gasteiger partial charge in [0, 0.05) is 55.1 Å². The highest BCUT2D eigenvalue weighted by atomic mass is 15.5. The Labute approximate surface area is 215 Å². The maximum Gasteiger partial charge on any atom is 0.0343 e. The molecule has 4 N–H and O–H groups in total. The summed E-state index contributed by atoms with van der Waals surface area (Å²) in [6, 6.07) is 0.